The average molecular weight is 618 g/mol. The van der Waals surface area contributed by atoms with E-state index in [4.69, 9.17) is 4.74 Å². The Labute approximate surface area is 258 Å². The summed E-state index contributed by atoms with van der Waals surface area (Å²) in [7, 11) is 0. The zero-order chi connectivity index (χ0) is 31.3. The summed E-state index contributed by atoms with van der Waals surface area (Å²) in [6.45, 7) is 7.48. The number of fused-ring (bicyclic) bond motifs is 2. The number of halogens is 3. The number of aryl methyl sites for hydroxylation is 1. The smallest absolute Gasteiger partial charge is 0.365 e. The molecule has 3 aliphatic rings. The maximum Gasteiger partial charge on any atom is 0.393 e. The number of nitrogens with one attached hydrogen (secondary N) is 1. The molecule has 3 aliphatic heterocycles. The second-order valence-corrected chi connectivity index (χ2v) is 12.7. The Hall–Kier alpha value is -4.21. The molecule has 0 aliphatic carbocycles. The quantitative estimate of drug-likeness (QED) is 0.341. The number of anilines is 1. The largest absolute Gasteiger partial charge is 0.393 e. The zero-order valence-corrected chi connectivity index (χ0v) is 25.0. The molecule has 12 heteroatoms. The number of rotatable bonds is 6. The summed E-state index contributed by atoms with van der Waals surface area (Å²) in [5, 5.41) is 14.4. The van der Waals surface area contributed by atoms with E-state index in [0.29, 0.717) is 35.5 Å². The van der Waals surface area contributed by atoms with Crippen LogP contribution in [0.4, 0.5) is 19.0 Å². The minimum absolute atomic E-state index is 0.0355. The summed E-state index contributed by atoms with van der Waals surface area (Å²) in [6, 6.07) is 13.2. The van der Waals surface area contributed by atoms with Crippen LogP contribution in [0.2, 0.25) is 0 Å². The van der Waals surface area contributed by atoms with Gasteiger partial charge in [-0.1, -0.05) is 12.1 Å². The molecule has 3 fully saturated rings. The summed E-state index contributed by atoms with van der Waals surface area (Å²) < 4.78 is 46.7. The number of aromatic nitrogens is 3. The van der Waals surface area contributed by atoms with Crippen molar-refractivity contribution in [1.82, 2.24) is 24.8 Å². The third kappa shape index (κ3) is 5.82. The molecular weight excluding hydrogens is 583 g/mol. The highest BCUT2D eigenvalue weighted by molar-refractivity contribution is 5.90. The first kappa shape index (κ1) is 29.5. The lowest BCUT2D eigenvalue weighted by Gasteiger charge is -2.54. The molecule has 45 heavy (non-hydrogen) atoms. The molecule has 3 saturated heterocycles. The fraction of sp³-hybridized carbons (Fsp3) is 0.455. The normalized spacial score (nSPS) is 20.4. The Morgan fingerprint density at radius 1 is 1.11 bits per heavy atom. The highest BCUT2D eigenvalue weighted by Crippen LogP contribution is 2.44. The van der Waals surface area contributed by atoms with Gasteiger partial charge in [-0.2, -0.15) is 18.4 Å². The first-order chi connectivity index (χ1) is 21.6. The van der Waals surface area contributed by atoms with Crippen molar-refractivity contribution in [2.24, 2.45) is 5.41 Å². The summed E-state index contributed by atoms with van der Waals surface area (Å²) in [5.74, 6) is 0.591. The minimum Gasteiger partial charge on any atom is -0.365 e. The average Bonchev–Trinajstić information content (AvgIpc) is 3.36. The summed E-state index contributed by atoms with van der Waals surface area (Å²) in [5.41, 5.74) is 5.01. The molecule has 0 saturated carbocycles. The number of hydrogen-bond acceptors (Lipinski definition) is 7. The van der Waals surface area contributed by atoms with Gasteiger partial charge in [-0.3, -0.25) is 9.69 Å². The lowest BCUT2D eigenvalue weighted by Crippen LogP contribution is -2.60. The Kier molecular flexibility index (Phi) is 7.41. The van der Waals surface area contributed by atoms with Gasteiger partial charge >= 0.3 is 6.18 Å². The predicted molar refractivity (Wildman–Crippen MR) is 163 cm³/mol. The van der Waals surface area contributed by atoms with Gasteiger partial charge in [0.25, 0.3) is 0 Å². The Morgan fingerprint density at radius 2 is 1.91 bits per heavy atom. The molecule has 1 amide bonds. The van der Waals surface area contributed by atoms with Crippen LogP contribution in [-0.2, 0) is 29.0 Å². The summed E-state index contributed by atoms with van der Waals surface area (Å²) >= 11 is 0. The number of nitriles is 1. The van der Waals surface area contributed by atoms with E-state index in [9.17, 15) is 23.2 Å². The van der Waals surface area contributed by atoms with Crippen molar-refractivity contribution in [1.29, 1.82) is 5.26 Å². The number of carbonyl (C=O) groups is 1. The first-order valence-corrected chi connectivity index (χ1v) is 15.3. The van der Waals surface area contributed by atoms with Gasteiger partial charge in [0, 0.05) is 47.9 Å². The maximum atomic E-state index is 13.0. The van der Waals surface area contributed by atoms with E-state index in [0.717, 1.165) is 62.0 Å². The number of amides is 1. The van der Waals surface area contributed by atoms with E-state index in [1.807, 2.05) is 10.6 Å². The number of ether oxygens (including phenoxy) is 1. The number of nitrogens with zero attached hydrogens (tertiary/aromatic N) is 6. The molecule has 0 radical (unpaired) electrons. The zero-order valence-electron chi connectivity index (χ0n) is 25.0. The van der Waals surface area contributed by atoms with Crippen molar-refractivity contribution < 1.29 is 22.7 Å². The maximum absolute atomic E-state index is 13.0. The van der Waals surface area contributed by atoms with Crippen LogP contribution in [0.1, 0.15) is 35.2 Å². The van der Waals surface area contributed by atoms with Crippen molar-refractivity contribution in [3.63, 3.8) is 0 Å². The third-order valence-corrected chi connectivity index (χ3v) is 9.69. The van der Waals surface area contributed by atoms with Crippen molar-refractivity contribution in [3.8, 4) is 6.07 Å². The van der Waals surface area contributed by atoms with E-state index in [-0.39, 0.29) is 29.6 Å². The molecule has 2 aromatic carbocycles. The van der Waals surface area contributed by atoms with Crippen LogP contribution in [0.25, 0.3) is 21.8 Å². The summed E-state index contributed by atoms with van der Waals surface area (Å²) in [4.78, 5) is 24.9. The van der Waals surface area contributed by atoms with Gasteiger partial charge in [0.15, 0.2) is 0 Å². The fourth-order valence-corrected chi connectivity index (χ4v) is 7.17. The van der Waals surface area contributed by atoms with E-state index < -0.39 is 12.6 Å². The highest BCUT2D eigenvalue weighted by Gasteiger charge is 2.45. The SMILES string of the molecule is Cc1c(CN2CCC3(CC2)CN(c2ncnc4ccc(CC(F)(F)F)cc24)C3)ccc2c1cc(C#N)n2C[C@@H]1CNC(=O)CO1. The topological polar surface area (TPSA) is 99.3 Å². The van der Waals surface area contributed by atoms with Crippen LogP contribution >= 0.6 is 0 Å². The Balaban J connectivity index is 1.00. The molecule has 1 spiro atoms. The van der Waals surface area contributed by atoms with E-state index in [1.165, 1.54) is 18.0 Å². The number of carbonyl (C=O) groups excluding carboxylic acids is 1. The second-order valence-electron chi connectivity index (χ2n) is 12.7. The fourth-order valence-electron chi connectivity index (χ4n) is 7.17. The second kappa shape index (κ2) is 11.3. The lowest BCUT2D eigenvalue weighted by atomic mass is 9.72. The molecular formula is C33H34F3N7O2. The van der Waals surface area contributed by atoms with E-state index in [2.05, 4.69) is 50.2 Å². The molecule has 9 nitrogen and oxygen atoms in total. The predicted octanol–water partition coefficient (Wildman–Crippen LogP) is 4.49. The number of piperidine rings is 1. The number of morpholine rings is 1. The molecule has 234 valence electrons. The molecule has 1 atom stereocenters. The standard InChI is InChI=1S/C33H34F3N7O2/c1-21-23(3-5-29-26(21)11-24(13-37)43(29)16-25-14-38-30(44)17-45-25)15-41-8-6-32(7-9-41)18-42(19-32)31-27-10-22(12-33(34,35)36)2-4-28(27)39-20-40-31/h2-5,10-11,20,25H,6-9,12,14-19H2,1H3,(H,38,44)/t25-/m0/s1. The van der Waals surface area contributed by atoms with Gasteiger partial charge < -0.3 is 19.5 Å². The van der Waals surface area contributed by atoms with Gasteiger partial charge in [-0.15, -0.1) is 0 Å². The number of benzene rings is 2. The molecule has 2 aromatic heterocycles. The van der Waals surface area contributed by atoms with Gasteiger partial charge in [0.2, 0.25) is 5.91 Å². The molecule has 4 aromatic rings. The van der Waals surface area contributed by atoms with Crippen molar-refractivity contribution >= 4 is 33.5 Å². The molecule has 5 heterocycles. The van der Waals surface area contributed by atoms with Crippen LogP contribution in [0, 0.1) is 23.7 Å². The van der Waals surface area contributed by atoms with Gasteiger partial charge in [-0.25, -0.2) is 9.97 Å². The molecule has 1 N–H and O–H groups in total. The number of hydrogen-bond donors (Lipinski definition) is 1. The summed E-state index contributed by atoms with van der Waals surface area (Å²) in [6.07, 6.45) is -1.84. The van der Waals surface area contributed by atoms with Crippen LogP contribution in [0.15, 0.2) is 42.7 Å². The van der Waals surface area contributed by atoms with Crippen LogP contribution < -0.4 is 10.2 Å². The molecule has 0 bridgehead atoms. The van der Waals surface area contributed by atoms with Crippen molar-refractivity contribution in [3.05, 3.63) is 65.1 Å². The van der Waals surface area contributed by atoms with Gasteiger partial charge in [0.05, 0.1) is 24.6 Å². The Morgan fingerprint density at radius 3 is 2.62 bits per heavy atom. The van der Waals surface area contributed by atoms with E-state index in [1.54, 1.807) is 12.1 Å². The first-order valence-electron chi connectivity index (χ1n) is 15.3. The van der Waals surface area contributed by atoms with Gasteiger partial charge in [0.1, 0.15) is 30.5 Å². The number of alkyl halides is 3. The van der Waals surface area contributed by atoms with Crippen LogP contribution in [-0.4, -0.2) is 77.0 Å². The van der Waals surface area contributed by atoms with Gasteiger partial charge in [-0.05, 0) is 73.8 Å². The Bertz CT molecular complexity index is 1800. The minimum atomic E-state index is -4.27. The van der Waals surface area contributed by atoms with Crippen molar-refractivity contribution in [2.45, 2.75) is 51.6 Å². The molecule has 0 unspecified atom stereocenters. The number of likely N-dealkylation sites (tertiary alicyclic amines) is 1. The monoisotopic (exact) mass is 617 g/mol. The van der Waals surface area contributed by atoms with Crippen LogP contribution in [0.5, 0.6) is 0 Å². The third-order valence-electron chi connectivity index (χ3n) is 9.69. The molecule has 7 rings (SSSR count). The van der Waals surface area contributed by atoms with E-state index >= 15 is 0 Å². The van der Waals surface area contributed by atoms with Crippen LogP contribution in [0.3, 0.4) is 0 Å². The highest BCUT2D eigenvalue weighted by atomic mass is 19.4. The van der Waals surface area contributed by atoms with Crippen molar-refractivity contribution in [2.75, 3.05) is 44.2 Å². The lowest BCUT2D eigenvalue weighted by molar-refractivity contribution is -0.133.